The Morgan fingerprint density at radius 2 is 1.59 bits per heavy atom. The number of carbonyl (C=O) groups excluding carboxylic acids is 4. The van der Waals surface area contributed by atoms with Crippen molar-refractivity contribution in [1.29, 1.82) is 0 Å². The van der Waals surface area contributed by atoms with Crippen molar-refractivity contribution in [2.24, 2.45) is 0 Å². The number of rotatable bonds is 5. The summed E-state index contributed by atoms with van der Waals surface area (Å²) in [5.74, 6) is -0.955. The lowest BCUT2D eigenvalue weighted by Gasteiger charge is -2.37. The number of piperazine rings is 1. The molecule has 8 nitrogen and oxygen atoms in total. The van der Waals surface area contributed by atoms with Crippen molar-refractivity contribution in [3.63, 3.8) is 0 Å². The van der Waals surface area contributed by atoms with Crippen molar-refractivity contribution >= 4 is 29.4 Å². The van der Waals surface area contributed by atoms with Gasteiger partial charge in [-0.2, -0.15) is 0 Å². The van der Waals surface area contributed by atoms with E-state index in [1.54, 1.807) is 12.1 Å². The number of imide groups is 1. The Balaban J connectivity index is 1.36. The lowest BCUT2D eigenvalue weighted by atomic mass is 10.1. The maximum Gasteiger partial charge on any atom is 0.337 e. The van der Waals surface area contributed by atoms with Crippen molar-refractivity contribution in [2.75, 3.05) is 38.2 Å². The van der Waals surface area contributed by atoms with Crippen LogP contribution in [0.5, 0.6) is 0 Å². The molecular weight excluding hydrogens is 410 g/mol. The van der Waals surface area contributed by atoms with E-state index >= 15 is 0 Å². The standard InChI is InChI=1S/C24H25N3O5/c1-32-24(31)18-7-9-19(10-8-18)27-22(29)16-20(23(27)30)25-11-13-26(14-12-25)21(28)15-17-5-3-2-4-6-17/h2-10,20H,11-16H2,1H3/t20-/m0/s1. The molecule has 0 spiro atoms. The molecule has 0 radical (unpaired) electrons. The second-order valence-corrected chi connectivity index (χ2v) is 7.90. The molecule has 8 heteroatoms. The Morgan fingerprint density at radius 3 is 2.22 bits per heavy atom. The van der Waals surface area contributed by atoms with Gasteiger partial charge in [-0.15, -0.1) is 0 Å². The number of anilines is 1. The number of amides is 3. The van der Waals surface area contributed by atoms with Crippen LogP contribution in [0.25, 0.3) is 0 Å². The third-order valence-corrected chi connectivity index (χ3v) is 5.98. The number of ether oxygens (including phenoxy) is 1. The molecule has 4 rings (SSSR count). The van der Waals surface area contributed by atoms with Crippen LogP contribution in [0.4, 0.5) is 5.69 Å². The molecule has 166 valence electrons. The predicted molar refractivity (Wildman–Crippen MR) is 117 cm³/mol. The molecule has 0 unspecified atom stereocenters. The molecule has 3 amide bonds. The molecule has 0 bridgehead atoms. The molecule has 0 N–H and O–H groups in total. The number of esters is 1. The van der Waals surface area contributed by atoms with Crippen LogP contribution in [-0.2, 0) is 25.5 Å². The Bertz CT molecular complexity index is 1010. The van der Waals surface area contributed by atoms with Crippen molar-refractivity contribution in [3.05, 3.63) is 65.7 Å². The van der Waals surface area contributed by atoms with E-state index < -0.39 is 12.0 Å². The second-order valence-electron chi connectivity index (χ2n) is 7.90. The number of hydrogen-bond donors (Lipinski definition) is 0. The van der Waals surface area contributed by atoms with Gasteiger partial charge in [0.05, 0.1) is 37.2 Å². The Kier molecular flexibility index (Phi) is 6.32. The van der Waals surface area contributed by atoms with Gasteiger partial charge in [0.2, 0.25) is 11.8 Å². The van der Waals surface area contributed by atoms with Gasteiger partial charge in [-0.3, -0.25) is 19.3 Å². The highest BCUT2D eigenvalue weighted by Gasteiger charge is 2.43. The molecule has 1 atom stereocenters. The third kappa shape index (κ3) is 4.40. The maximum atomic E-state index is 13.0. The van der Waals surface area contributed by atoms with Gasteiger partial charge in [0.25, 0.3) is 5.91 Å². The quantitative estimate of drug-likeness (QED) is 0.523. The van der Waals surface area contributed by atoms with Crippen molar-refractivity contribution in [2.45, 2.75) is 18.9 Å². The third-order valence-electron chi connectivity index (χ3n) is 5.98. The molecule has 2 aromatic carbocycles. The second kappa shape index (κ2) is 9.32. The molecule has 2 heterocycles. The summed E-state index contributed by atoms with van der Waals surface area (Å²) in [7, 11) is 1.29. The van der Waals surface area contributed by atoms with Crippen LogP contribution in [0.15, 0.2) is 54.6 Å². The van der Waals surface area contributed by atoms with Gasteiger partial charge in [0.1, 0.15) is 0 Å². The lowest BCUT2D eigenvalue weighted by molar-refractivity contribution is -0.133. The van der Waals surface area contributed by atoms with Gasteiger partial charge in [-0.05, 0) is 29.8 Å². The van der Waals surface area contributed by atoms with E-state index in [-0.39, 0.29) is 24.1 Å². The van der Waals surface area contributed by atoms with Gasteiger partial charge in [-0.25, -0.2) is 9.69 Å². The SMILES string of the molecule is COC(=O)c1ccc(N2C(=O)C[C@H](N3CCN(C(=O)Cc4ccccc4)CC3)C2=O)cc1. The molecule has 0 aromatic heterocycles. The van der Waals surface area contributed by atoms with Gasteiger partial charge >= 0.3 is 5.97 Å². The van der Waals surface area contributed by atoms with E-state index in [9.17, 15) is 19.2 Å². The average molecular weight is 435 g/mol. The summed E-state index contributed by atoms with van der Waals surface area (Å²) < 4.78 is 4.68. The van der Waals surface area contributed by atoms with E-state index in [2.05, 4.69) is 4.74 Å². The molecule has 2 aliphatic rings. The van der Waals surface area contributed by atoms with Crippen molar-refractivity contribution in [1.82, 2.24) is 9.80 Å². The first-order valence-corrected chi connectivity index (χ1v) is 10.6. The van der Waals surface area contributed by atoms with Crippen LogP contribution in [0.3, 0.4) is 0 Å². The summed E-state index contributed by atoms with van der Waals surface area (Å²) in [6.07, 6.45) is 0.465. The van der Waals surface area contributed by atoms with Crippen LogP contribution in [0, 0.1) is 0 Å². The van der Waals surface area contributed by atoms with Crippen LogP contribution >= 0.6 is 0 Å². The first-order chi connectivity index (χ1) is 15.5. The largest absolute Gasteiger partial charge is 0.465 e. The summed E-state index contributed by atoms with van der Waals surface area (Å²) in [6.45, 7) is 2.13. The number of nitrogens with zero attached hydrogens (tertiary/aromatic N) is 3. The number of hydrogen-bond acceptors (Lipinski definition) is 6. The molecule has 2 saturated heterocycles. The van der Waals surface area contributed by atoms with Crippen LogP contribution in [0.2, 0.25) is 0 Å². The zero-order chi connectivity index (χ0) is 22.7. The maximum absolute atomic E-state index is 13.0. The first-order valence-electron chi connectivity index (χ1n) is 10.6. The predicted octanol–water partition coefficient (Wildman–Crippen LogP) is 1.49. The smallest absolute Gasteiger partial charge is 0.337 e. The topological polar surface area (TPSA) is 87.2 Å². The average Bonchev–Trinajstić information content (AvgIpc) is 3.13. The fraction of sp³-hybridized carbons (Fsp3) is 0.333. The minimum Gasteiger partial charge on any atom is -0.465 e. The normalized spacial score (nSPS) is 19.3. The lowest BCUT2D eigenvalue weighted by Crippen LogP contribution is -2.54. The zero-order valence-electron chi connectivity index (χ0n) is 17.9. The number of methoxy groups -OCH3 is 1. The fourth-order valence-corrected chi connectivity index (χ4v) is 4.20. The van der Waals surface area contributed by atoms with Gasteiger partial charge in [-0.1, -0.05) is 30.3 Å². The molecule has 2 aromatic rings. The Hall–Kier alpha value is -3.52. The molecule has 0 aliphatic carbocycles. The summed E-state index contributed by atoms with van der Waals surface area (Å²) in [5.41, 5.74) is 1.76. The number of benzene rings is 2. The van der Waals surface area contributed by atoms with Gasteiger partial charge in [0.15, 0.2) is 0 Å². The van der Waals surface area contributed by atoms with E-state index in [4.69, 9.17) is 0 Å². The molecule has 2 fully saturated rings. The summed E-state index contributed by atoms with van der Waals surface area (Å²) in [4.78, 5) is 54.8. The van der Waals surface area contributed by atoms with E-state index in [1.807, 2.05) is 40.1 Å². The van der Waals surface area contributed by atoms with Gasteiger partial charge in [0, 0.05) is 26.2 Å². The Morgan fingerprint density at radius 1 is 0.938 bits per heavy atom. The van der Waals surface area contributed by atoms with Crippen LogP contribution in [0.1, 0.15) is 22.3 Å². The van der Waals surface area contributed by atoms with Crippen LogP contribution < -0.4 is 4.90 Å². The van der Waals surface area contributed by atoms with Gasteiger partial charge < -0.3 is 9.64 Å². The minimum absolute atomic E-state index is 0.0667. The van der Waals surface area contributed by atoms with Crippen molar-refractivity contribution in [3.8, 4) is 0 Å². The van der Waals surface area contributed by atoms with E-state index in [0.29, 0.717) is 43.9 Å². The van der Waals surface area contributed by atoms with E-state index in [0.717, 1.165) is 5.56 Å². The first kappa shape index (κ1) is 21.7. The highest BCUT2D eigenvalue weighted by molar-refractivity contribution is 6.22. The number of carbonyl (C=O) groups is 4. The highest BCUT2D eigenvalue weighted by Crippen LogP contribution is 2.27. The molecule has 2 aliphatic heterocycles. The molecule has 32 heavy (non-hydrogen) atoms. The Labute approximate surface area is 186 Å². The summed E-state index contributed by atoms with van der Waals surface area (Å²) >= 11 is 0. The molecule has 0 saturated carbocycles. The van der Waals surface area contributed by atoms with Crippen molar-refractivity contribution < 1.29 is 23.9 Å². The summed E-state index contributed by atoms with van der Waals surface area (Å²) in [5, 5.41) is 0. The van der Waals surface area contributed by atoms with E-state index in [1.165, 1.54) is 24.1 Å². The molecular formula is C24H25N3O5. The monoisotopic (exact) mass is 435 g/mol. The zero-order valence-corrected chi connectivity index (χ0v) is 17.9. The minimum atomic E-state index is -0.533. The fourth-order valence-electron chi connectivity index (χ4n) is 4.20. The summed E-state index contributed by atoms with van der Waals surface area (Å²) in [6, 6.07) is 15.3. The highest BCUT2D eigenvalue weighted by atomic mass is 16.5. The van der Waals surface area contributed by atoms with Crippen LogP contribution in [-0.4, -0.2) is 72.8 Å².